The van der Waals surface area contributed by atoms with Crippen molar-refractivity contribution in [3.05, 3.63) is 68.7 Å². The van der Waals surface area contributed by atoms with Crippen LogP contribution in [0.15, 0.2) is 50.9 Å². The number of hydrogen-bond acceptors (Lipinski definition) is 8. The van der Waals surface area contributed by atoms with Crippen LogP contribution in [0.5, 0.6) is 5.75 Å². The molecule has 0 fully saturated rings. The SMILES string of the molecule is Cc1cc(C(C)Oc2ccc(Cl)nc2S(N)(=O)=O)c2oc(-c3cnn(CCS(C)=O)c3)c(C)c(=O)c2c1. The molecule has 196 valence electrons. The molecule has 0 bridgehead atoms. The molecule has 2 unspecified atom stereocenters. The number of sulfonamides is 1. The highest BCUT2D eigenvalue weighted by molar-refractivity contribution is 7.89. The second-order valence-corrected chi connectivity index (χ2v) is 12.0. The lowest BCUT2D eigenvalue weighted by atomic mass is 10.0. The molecule has 3 heterocycles. The van der Waals surface area contributed by atoms with Crippen molar-refractivity contribution in [2.75, 3.05) is 12.0 Å². The van der Waals surface area contributed by atoms with Crippen LogP contribution in [-0.4, -0.2) is 39.4 Å². The number of pyridine rings is 1. The number of primary sulfonamides is 1. The molecule has 13 heteroatoms. The predicted octanol–water partition coefficient (Wildman–Crippen LogP) is 3.49. The molecule has 0 aliphatic carbocycles. The molecule has 2 atom stereocenters. The normalized spacial score (nSPS) is 13.6. The molecule has 0 saturated carbocycles. The maximum absolute atomic E-state index is 13.4. The molecule has 0 saturated heterocycles. The maximum Gasteiger partial charge on any atom is 0.259 e. The van der Waals surface area contributed by atoms with Gasteiger partial charge in [-0.25, -0.2) is 18.5 Å². The predicted molar refractivity (Wildman–Crippen MR) is 142 cm³/mol. The number of nitrogens with zero attached hydrogens (tertiary/aromatic N) is 3. The van der Waals surface area contributed by atoms with E-state index in [-0.39, 0.29) is 16.3 Å². The van der Waals surface area contributed by atoms with Crippen LogP contribution in [0.1, 0.15) is 29.7 Å². The molecule has 0 amide bonds. The summed E-state index contributed by atoms with van der Waals surface area (Å²) in [4.78, 5) is 17.2. The minimum absolute atomic E-state index is 0.0538. The molecule has 0 radical (unpaired) electrons. The summed E-state index contributed by atoms with van der Waals surface area (Å²) >= 11 is 5.86. The third kappa shape index (κ3) is 5.77. The van der Waals surface area contributed by atoms with Gasteiger partial charge in [0.2, 0.25) is 5.03 Å². The van der Waals surface area contributed by atoms with Crippen LogP contribution in [-0.2, 0) is 27.4 Å². The first kappa shape index (κ1) is 27.0. The number of aryl methyl sites for hydroxylation is 2. The summed E-state index contributed by atoms with van der Waals surface area (Å²) in [5.41, 5.74) is 2.40. The number of nitrogens with two attached hydrogens (primary N) is 1. The average molecular weight is 565 g/mol. The summed E-state index contributed by atoms with van der Waals surface area (Å²) in [6.07, 6.45) is 4.18. The van der Waals surface area contributed by atoms with Gasteiger partial charge < -0.3 is 9.15 Å². The summed E-state index contributed by atoms with van der Waals surface area (Å²) in [6, 6.07) is 6.29. The number of aromatic nitrogens is 3. The Labute approximate surface area is 220 Å². The molecule has 2 N–H and O–H groups in total. The smallest absolute Gasteiger partial charge is 0.259 e. The number of fused-ring (bicyclic) bond motifs is 1. The van der Waals surface area contributed by atoms with E-state index in [9.17, 15) is 17.4 Å². The van der Waals surface area contributed by atoms with Crippen molar-refractivity contribution in [2.24, 2.45) is 5.14 Å². The van der Waals surface area contributed by atoms with Gasteiger partial charge in [-0.2, -0.15) is 5.10 Å². The number of hydrogen-bond donors (Lipinski definition) is 1. The van der Waals surface area contributed by atoms with Crippen LogP contribution >= 0.6 is 11.6 Å². The second-order valence-electron chi connectivity index (χ2n) is 8.63. The van der Waals surface area contributed by atoms with Gasteiger partial charge in [-0.05, 0) is 50.6 Å². The van der Waals surface area contributed by atoms with Crippen molar-refractivity contribution in [2.45, 2.75) is 38.4 Å². The Bertz CT molecular complexity index is 1700. The largest absolute Gasteiger partial charge is 0.483 e. The zero-order valence-corrected chi connectivity index (χ0v) is 22.9. The fourth-order valence-electron chi connectivity index (χ4n) is 3.92. The highest BCUT2D eigenvalue weighted by Gasteiger charge is 2.24. The van der Waals surface area contributed by atoms with Gasteiger partial charge in [0.15, 0.2) is 11.2 Å². The third-order valence-corrected chi connectivity index (χ3v) is 7.50. The number of halogens is 1. The van der Waals surface area contributed by atoms with Crippen LogP contribution in [0.4, 0.5) is 0 Å². The quantitative estimate of drug-likeness (QED) is 0.320. The monoisotopic (exact) mass is 564 g/mol. The van der Waals surface area contributed by atoms with Gasteiger partial charge in [0.1, 0.15) is 22.6 Å². The zero-order valence-electron chi connectivity index (χ0n) is 20.5. The summed E-state index contributed by atoms with van der Waals surface area (Å²) in [7, 11) is -5.19. The highest BCUT2D eigenvalue weighted by Crippen LogP contribution is 2.34. The van der Waals surface area contributed by atoms with E-state index in [4.69, 9.17) is 25.9 Å². The van der Waals surface area contributed by atoms with Crippen LogP contribution in [0, 0.1) is 13.8 Å². The van der Waals surface area contributed by atoms with Gasteiger partial charge >= 0.3 is 0 Å². The molecule has 1 aromatic carbocycles. The molecular formula is C24H25ClN4O6S2. The molecule has 4 rings (SSSR count). The molecular weight excluding hydrogens is 540 g/mol. The van der Waals surface area contributed by atoms with Crippen molar-refractivity contribution in [1.29, 1.82) is 0 Å². The van der Waals surface area contributed by atoms with Gasteiger partial charge in [-0.3, -0.25) is 13.7 Å². The van der Waals surface area contributed by atoms with Crippen molar-refractivity contribution in [3.63, 3.8) is 0 Å². The fourth-order valence-corrected chi connectivity index (χ4v) is 5.19. The first-order valence-corrected chi connectivity index (χ1v) is 14.8. The summed E-state index contributed by atoms with van der Waals surface area (Å²) in [5, 5.41) is 9.40. The van der Waals surface area contributed by atoms with E-state index in [0.717, 1.165) is 5.56 Å². The molecule has 10 nitrogen and oxygen atoms in total. The van der Waals surface area contributed by atoms with E-state index in [1.165, 1.54) is 12.1 Å². The van der Waals surface area contributed by atoms with E-state index in [2.05, 4.69) is 10.1 Å². The third-order valence-electron chi connectivity index (χ3n) is 5.70. The Hall–Kier alpha value is -3.06. The van der Waals surface area contributed by atoms with E-state index in [1.807, 2.05) is 6.92 Å². The zero-order chi connectivity index (χ0) is 27.1. The Morgan fingerprint density at radius 1 is 1.27 bits per heavy atom. The van der Waals surface area contributed by atoms with Crippen molar-refractivity contribution < 1.29 is 21.8 Å². The second kappa shape index (κ2) is 10.4. The lowest BCUT2D eigenvalue weighted by Gasteiger charge is -2.19. The van der Waals surface area contributed by atoms with Crippen molar-refractivity contribution in [1.82, 2.24) is 14.8 Å². The Balaban J connectivity index is 1.82. The summed E-state index contributed by atoms with van der Waals surface area (Å²) in [6.45, 7) is 5.66. The molecule has 0 aliphatic rings. The topological polar surface area (TPSA) is 147 Å². The standard InChI is InChI=1S/C24H25ClN4O6S2/c1-13-9-17(15(3)34-19-5-6-20(25)28-24(19)37(26,32)33)23-18(10-13)21(30)14(2)22(35-23)16-11-27-29(12-16)7-8-36(4)31/h5-6,9-12,15H,7-8H2,1-4H3,(H2,26,32,33). The summed E-state index contributed by atoms with van der Waals surface area (Å²) < 4.78 is 49.4. The van der Waals surface area contributed by atoms with E-state index in [0.29, 0.717) is 45.7 Å². The van der Waals surface area contributed by atoms with E-state index >= 15 is 0 Å². The molecule has 3 aromatic heterocycles. The van der Waals surface area contributed by atoms with E-state index in [1.54, 1.807) is 49.3 Å². The van der Waals surface area contributed by atoms with Crippen LogP contribution in [0.25, 0.3) is 22.3 Å². The minimum atomic E-state index is -4.22. The van der Waals surface area contributed by atoms with E-state index < -0.39 is 32.0 Å². The van der Waals surface area contributed by atoms with Crippen LogP contribution in [0.3, 0.4) is 0 Å². The molecule has 0 aliphatic heterocycles. The Kier molecular flexibility index (Phi) is 7.56. The maximum atomic E-state index is 13.4. The number of rotatable bonds is 8. The van der Waals surface area contributed by atoms with Gasteiger partial charge in [0, 0.05) is 40.1 Å². The van der Waals surface area contributed by atoms with Crippen molar-refractivity contribution in [3.8, 4) is 17.1 Å². The Morgan fingerprint density at radius 2 is 2.00 bits per heavy atom. The van der Waals surface area contributed by atoms with Gasteiger partial charge in [-0.15, -0.1) is 0 Å². The summed E-state index contributed by atoms with van der Waals surface area (Å²) in [5.74, 6) is 0.704. The average Bonchev–Trinajstić information content (AvgIpc) is 3.29. The van der Waals surface area contributed by atoms with Crippen LogP contribution < -0.4 is 15.3 Å². The first-order chi connectivity index (χ1) is 17.3. The van der Waals surface area contributed by atoms with Gasteiger partial charge in [-0.1, -0.05) is 11.6 Å². The van der Waals surface area contributed by atoms with Crippen molar-refractivity contribution >= 4 is 43.4 Å². The lowest BCUT2D eigenvalue weighted by molar-refractivity contribution is 0.219. The minimum Gasteiger partial charge on any atom is -0.483 e. The molecule has 37 heavy (non-hydrogen) atoms. The number of ether oxygens (including phenoxy) is 1. The molecule has 0 spiro atoms. The highest BCUT2D eigenvalue weighted by atomic mass is 35.5. The van der Waals surface area contributed by atoms with Crippen LogP contribution in [0.2, 0.25) is 5.15 Å². The van der Waals surface area contributed by atoms with Gasteiger partial charge in [0.25, 0.3) is 10.0 Å². The Morgan fingerprint density at radius 3 is 2.68 bits per heavy atom. The first-order valence-electron chi connectivity index (χ1n) is 11.1. The molecule has 4 aromatic rings. The van der Waals surface area contributed by atoms with Gasteiger partial charge in [0.05, 0.1) is 23.7 Å². The fraction of sp³-hybridized carbons (Fsp3) is 0.292. The number of benzene rings is 1. The lowest BCUT2D eigenvalue weighted by Crippen LogP contribution is -2.17.